The Bertz CT molecular complexity index is 1460. The predicted octanol–water partition coefficient (Wildman–Crippen LogP) is 4.68. The molecule has 0 aliphatic rings. The molecule has 0 atom stereocenters. The van der Waals surface area contributed by atoms with Crippen LogP contribution < -0.4 is 10.0 Å². The van der Waals surface area contributed by atoms with Crippen molar-refractivity contribution < 1.29 is 18.1 Å². The van der Waals surface area contributed by atoms with Gasteiger partial charge < -0.3 is 0 Å². The number of thiazole rings is 2. The van der Waals surface area contributed by atoms with E-state index in [1.54, 1.807) is 6.92 Å². The zero-order valence-electron chi connectivity index (χ0n) is 16.0. The number of halogens is 1. The van der Waals surface area contributed by atoms with E-state index in [1.807, 2.05) is 0 Å². The maximum atomic E-state index is 12.7. The Morgan fingerprint density at radius 3 is 2.50 bits per heavy atom. The van der Waals surface area contributed by atoms with Crippen molar-refractivity contribution in [2.75, 3.05) is 10.0 Å². The minimum absolute atomic E-state index is 0.00400. The minimum atomic E-state index is -3.90. The lowest BCUT2D eigenvalue weighted by molar-refractivity contribution is -0.384. The number of benzene rings is 2. The van der Waals surface area contributed by atoms with Crippen molar-refractivity contribution in [2.45, 2.75) is 11.8 Å². The molecule has 4 rings (SSSR count). The van der Waals surface area contributed by atoms with E-state index < -0.39 is 20.9 Å². The molecule has 0 saturated heterocycles. The van der Waals surface area contributed by atoms with Gasteiger partial charge in [-0.3, -0.25) is 24.9 Å². The molecule has 2 N–H and O–H groups in total. The van der Waals surface area contributed by atoms with Crippen molar-refractivity contribution in [1.82, 2.24) is 9.97 Å². The molecule has 0 spiro atoms. The van der Waals surface area contributed by atoms with Crippen molar-refractivity contribution in [3.05, 3.63) is 68.2 Å². The van der Waals surface area contributed by atoms with Crippen LogP contribution in [0.3, 0.4) is 0 Å². The third-order valence-electron chi connectivity index (χ3n) is 4.15. The van der Waals surface area contributed by atoms with Gasteiger partial charge >= 0.3 is 0 Å². The number of nitrogens with zero attached hydrogens (tertiary/aromatic N) is 3. The molecule has 0 aliphatic heterocycles. The largest absolute Gasteiger partial charge is 0.297 e. The number of aryl methyl sites for hydroxylation is 1. The Hall–Kier alpha value is -3.13. The number of nitro benzene ring substituents is 1. The van der Waals surface area contributed by atoms with Crippen molar-refractivity contribution in [1.29, 1.82) is 0 Å². The van der Waals surface area contributed by atoms with E-state index in [9.17, 15) is 23.3 Å². The highest BCUT2D eigenvalue weighted by Crippen LogP contribution is 2.31. The van der Waals surface area contributed by atoms with Gasteiger partial charge in [0.2, 0.25) is 0 Å². The first-order valence-corrected chi connectivity index (χ1v) is 12.2. The van der Waals surface area contributed by atoms with Crippen molar-refractivity contribution >= 4 is 76.4 Å². The summed E-state index contributed by atoms with van der Waals surface area (Å²) in [5.41, 5.74) is 0.765. The zero-order chi connectivity index (χ0) is 23.0. The molecule has 164 valence electrons. The van der Waals surface area contributed by atoms with Crippen molar-refractivity contribution in [2.24, 2.45) is 0 Å². The Morgan fingerprint density at radius 1 is 1.09 bits per heavy atom. The van der Waals surface area contributed by atoms with Gasteiger partial charge in [-0.15, -0.1) is 0 Å². The summed E-state index contributed by atoms with van der Waals surface area (Å²) in [4.78, 5) is 31.7. The first-order chi connectivity index (χ1) is 15.1. The Balaban J connectivity index is 1.53. The number of fused-ring (bicyclic) bond motifs is 1. The minimum Gasteiger partial charge on any atom is -0.297 e. The molecule has 4 aromatic rings. The summed E-state index contributed by atoms with van der Waals surface area (Å²) < 4.78 is 27.9. The number of carbonyl (C=O) groups is 1. The van der Waals surface area contributed by atoms with E-state index in [0.717, 1.165) is 22.7 Å². The molecule has 0 fully saturated rings. The molecule has 0 saturated carbocycles. The fourth-order valence-corrected chi connectivity index (χ4v) is 5.79. The molecule has 0 aliphatic carbocycles. The zero-order valence-corrected chi connectivity index (χ0v) is 19.2. The SMILES string of the molecule is Cc1nc(NS(=O)(=O)c2ccc(Cl)cc2)sc1C(=O)Nc1nc2ccc([N+](=O)[O-])cc2s1. The third-order valence-corrected chi connectivity index (χ3v) is 7.89. The van der Waals surface area contributed by atoms with Gasteiger partial charge in [0.05, 0.1) is 25.7 Å². The van der Waals surface area contributed by atoms with Crippen LogP contribution in [0.25, 0.3) is 10.2 Å². The normalized spacial score (nSPS) is 11.4. The number of aromatic nitrogens is 2. The van der Waals surface area contributed by atoms with Gasteiger partial charge in [0.25, 0.3) is 21.6 Å². The molecule has 0 radical (unpaired) electrons. The van der Waals surface area contributed by atoms with Crippen LogP contribution in [0.15, 0.2) is 47.4 Å². The highest BCUT2D eigenvalue weighted by molar-refractivity contribution is 7.93. The average molecular weight is 510 g/mol. The second-order valence-corrected chi connectivity index (χ2v) is 10.5. The molecule has 0 unspecified atom stereocenters. The van der Waals surface area contributed by atoms with Gasteiger partial charge in [-0.2, -0.15) is 0 Å². The van der Waals surface area contributed by atoms with Crippen molar-refractivity contribution in [3.63, 3.8) is 0 Å². The standard InChI is InChI=1S/C18H12ClN5O5S3/c1-9-15(31-18(20-9)23-32(28,29)12-5-2-10(19)3-6-12)16(25)22-17-21-13-7-4-11(24(26)27)8-14(13)30-17/h2-8H,1H3,(H,20,23)(H,21,22,25). The number of anilines is 2. The number of amides is 1. The summed E-state index contributed by atoms with van der Waals surface area (Å²) in [6.45, 7) is 1.58. The van der Waals surface area contributed by atoms with Crippen LogP contribution >= 0.6 is 34.3 Å². The molecule has 10 nitrogen and oxygen atoms in total. The van der Waals surface area contributed by atoms with Gasteiger partial charge in [-0.25, -0.2) is 18.4 Å². The number of rotatable bonds is 6. The smallest absolute Gasteiger partial charge is 0.270 e. The van der Waals surface area contributed by atoms with Gasteiger partial charge in [-0.05, 0) is 37.3 Å². The van der Waals surface area contributed by atoms with Crippen molar-refractivity contribution in [3.8, 4) is 0 Å². The van der Waals surface area contributed by atoms with E-state index in [-0.39, 0.29) is 25.7 Å². The number of nitro groups is 1. The Labute approximate surface area is 194 Å². The Morgan fingerprint density at radius 2 is 1.81 bits per heavy atom. The summed E-state index contributed by atoms with van der Waals surface area (Å²) in [6.07, 6.45) is 0. The Kier molecular flexibility index (Phi) is 5.81. The van der Waals surface area contributed by atoms with Crippen LogP contribution in [0, 0.1) is 17.0 Å². The summed E-state index contributed by atoms with van der Waals surface area (Å²) in [7, 11) is -3.90. The summed E-state index contributed by atoms with van der Waals surface area (Å²) >= 11 is 7.75. The van der Waals surface area contributed by atoms with E-state index in [4.69, 9.17) is 11.6 Å². The summed E-state index contributed by atoms with van der Waals surface area (Å²) in [5.74, 6) is -0.523. The fourth-order valence-electron chi connectivity index (χ4n) is 2.67. The van der Waals surface area contributed by atoms with Gasteiger partial charge in [0.15, 0.2) is 10.3 Å². The first kappa shape index (κ1) is 22.1. The lowest BCUT2D eigenvalue weighted by atomic mass is 10.3. The van der Waals surface area contributed by atoms with Crippen LogP contribution in [0.4, 0.5) is 16.0 Å². The van der Waals surface area contributed by atoms with E-state index in [1.165, 1.54) is 42.5 Å². The summed E-state index contributed by atoms with van der Waals surface area (Å²) in [5, 5.41) is 14.2. The van der Waals surface area contributed by atoms with Gasteiger partial charge in [0, 0.05) is 17.2 Å². The number of non-ortho nitro benzene ring substituents is 1. The third kappa shape index (κ3) is 4.55. The van der Waals surface area contributed by atoms with E-state index >= 15 is 0 Å². The number of hydrogen-bond donors (Lipinski definition) is 2. The molecular weight excluding hydrogens is 498 g/mol. The first-order valence-electron chi connectivity index (χ1n) is 8.74. The van der Waals surface area contributed by atoms with E-state index in [0.29, 0.717) is 20.9 Å². The molecule has 2 heterocycles. The molecular formula is C18H12ClN5O5S3. The highest BCUT2D eigenvalue weighted by atomic mass is 35.5. The van der Waals surface area contributed by atoms with Crippen LogP contribution in [-0.4, -0.2) is 29.2 Å². The molecule has 1 amide bonds. The molecule has 2 aromatic carbocycles. The fraction of sp³-hybridized carbons (Fsp3) is 0.0556. The molecule has 32 heavy (non-hydrogen) atoms. The lowest BCUT2D eigenvalue weighted by Crippen LogP contribution is -2.12. The number of carbonyl (C=O) groups excluding carboxylic acids is 1. The molecule has 0 bridgehead atoms. The topological polar surface area (TPSA) is 144 Å². The highest BCUT2D eigenvalue weighted by Gasteiger charge is 2.21. The van der Waals surface area contributed by atoms with Crippen LogP contribution in [0.1, 0.15) is 15.4 Å². The number of sulfonamides is 1. The molecule has 14 heteroatoms. The lowest BCUT2D eigenvalue weighted by Gasteiger charge is -2.04. The number of hydrogen-bond acceptors (Lipinski definition) is 9. The predicted molar refractivity (Wildman–Crippen MR) is 123 cm³/mol. The second kappa shape index (κ2) is 8.43. The van der Waals surface area contributed by atoms with E-state index in [2.05, 4.69) is 20.0 Å². The summed E-state index contributed by atoms with van der Waals surface area (Å²) in [6, 6.07) is 9.83. The van der Waals surface area contributed by atoms with Crippen LogP contribution in [-0.2, 0) is 10.0 Å². The maximum Gasteiger partial charge on any atom is 0.270 e. The quantitative estimate of drug-likeness (QED) is 0.283. The van der Waals surface area contributed by atoms with Gasteiger partial charge in [0.1, 0.15) is 4.88 Å². The monoisotopic (exact) mass is 509 g/mol. The van der Waals surface area contributed by atoms with Gasteiger partial charge in [-0.1, -0.05) is 34.3 Å². The number of nitrogens with one attached hydrogen (secondary N) is 2. The van der Waals surface area contributed by atoms with Crippen LogP contribution in [0.5, 0.6) is 0 Å². The van der Waals surface area contributed by atoms with Crippen LogP contribution in [0.2, 0.25) is 5.02 Å². The molecule has 2 aromatic heterocycles. The second-order valence-electron chi connectivity index (χ2n) is 6.38. The maximum absolute atomic E-state index is 12.7. The average Bonchev–Trinajstić information content (AvgIpc) is 3.29.